The summed E-state index contributed by atoms with van der Waals surface area (Å²) in [5, 5.41) is 3.10. The summed E-state index contributed by atoms with van der Waals surface area (Å²) in [7, 11) is -0.298. The Morgan fingerprint density at radius 2 is 1.94 bits per heavy atom. The molecule has 182 valence electrons. The van der Waals surface area contributed by atoms with Crippen LogP contribution >= 0.6 is 0 Å². The molecule has 6 nitrogen and oxygen atoms in total. The van der Waals surface area contributed by atoms with E-state index in [1.807, 2.05) is 6.07 Å². The van der Waals surface area contributed by atoms with Gasteiger partial charge < -0.3 is 26.1 Å². The first-order valence-electron chi connectivity index (χ1n) is 12.9. The molecular formula is C26H42BN3O3. The number of hydrogen-bond acceptors (Lipinski definition) is 5. The van der Waals surface area contributed by atoms with Crippen molar-refractivity contribution in [2.45, 2.75) is 89.3 Å². The zero-order valence-electron chi connectivity index (χ0n) is 20.6. The summed E-state index contributed by atoms with van der Waals surface area (Å²) in [6.07, 6.45) is 6.68. The number of nitrogens with one attached hydrogen (secondary N) is 1. The maximum atomic E-state index is 12.6. The number of carbonyl (C=O) groups is 1. The summed E-state index contributed by atoms with van der Waals surface area (Å²) in [6, 6.07) is 9.98. The van der Waals surface area contributed by atoms with Crippen LogP contribution in [-0.4, -0.2) is 43.9 Å². The minimum Gasteiger partial charge on any atom is -0.405 e. The van der Waals surface area contributed by atoms with Crippen LogP contribution in [0.1, 0.15) is 64.9 Å². The number of rotatable bonds is 11. The normalized spacial score (nSPS) is 31.4. The van der Waals surface area contributed by atoms with Gasteiger partial charge in [-0.1, -0.05) is 50.6 Å². The van der Waals surface area contributed by atoms with Crippen LogP contribution in [-0.2, 0) is 20.5 Å². The van der Waals surface area contributed by atoms with Gasteiger partial charge in [-0.15, -0.1) is 0 Å². The Hall–Kier alpha value is -1.41. The van der Waals surface area contributed by atoms with E-state index in [0.29, 0.717) is 30.8 Å². The molecule has 7 heteroatoms. The number of amides is 1. The molecule has 6 atom stereocenters. The summed E-state index contributed by atoms with van der Waals surface area (Å²) in [6.45, 7) is 8.15. The van der Waals surface area contributed by atoms with Crippen LogP contribution in [0, 0.1) is 17.3 Å². The number of hydrogen-bond donors (Lipinski definition) is 3. The predicted octanol–water partition coefficient (Wildman–Crippen LogP) is 3.29. The SMILES string of the molecule is CC1(C)[C@H]2C[C@@H]3OB([C@H](CCc4ccccc4)CNC(=O)[C@@H](N)CCCCN)O[C@]3(C)[C@@H]1C2. The monoisotopic (exact) mass is 455 g/mol. The molecule has 1 heterocycles. The van der Waals surface area contributed by atoms with E-state index in [0.717, 1.165) is 38.0 Å². The van der Waals surface area contributed by atoms with Gasteiger partial charge in [0.2, 0.25) is 5.91 Å². The van der Waals surface area contributed by atoms with Crippen LogP contribution in [0.15, 0.2) is 30.3 Å². The van der Waals surface area contributed by atoms with E-state index in [1.54, 1.807) is 0 Å². The highest BCUT2D eigenvalue weighted by atomic mass is 16.7. The highest BCUT2D eigenvalue weighted by Crippen LogP contribution is 2.66. The largest absolute Gasteiger partial charge is 0.462 e. The van der Waals surface area contributed by atoms with Gasteiger partial charge >= 0.3 is 7.12 Å². The summed E-state index contributed by atoms with van der Waals surface area (Å²) < 4.78 is 13.3. The van der Waals surface area contributed by atoms with Crippen molar-refractivity contribution in [2.75, 3.05) is 13.1 Å². The molecule has 4 fully saturated rings. The van der Waals surface area contributed by atoms with Crippen LogP contribution < -0.4 is 16.8 Å². The second-order valence-corrected chi connectivity index (χ2v) is 11.3. The van der Waals surface area contributed by atoms with Crippen molar-refractivity contribution < 1.29 is 14.1 Å². The fraction of sp³-hybridized carbons (Fsp3) is 0.731. The number of unbranched alkanes of at least 4 members (excludes halogenated alkanes) is 1. The second kappa shape index (κ2) is 10.1. The molecule has 1 aromatic rings. The molecule has 2 bridgehead atoms. The molecule has 3 aliphatic carbocycles. The Bertz CT molecular complexity index is 807. The lowest BCUT2D eigenvalue weighted by molar-refractivity contribution is -0.199. The fourth-order valence-electron chi connectivity index (χ4n) is 6.44. The van der Waals surface area contributed by atoms with E-state index >= 15 is 0 Å². The molecule has 0 spiro atoms. The lowest BCUT2D eigenvalue weighted by Gasteiger charge is -2.64. The lowest BCUT2D eigenvalue weighted by Crippen LogP contribution is -2.65. The Labute approximate surface area is 199 Å². The first-order valence-corrected chi connectivity index (χ1v) is 12.9. The first-order chi connectivity index (χ1) is 15.8. The highest BCUT2D eigenvalue weighted by Gasteiger charge is 2.68. The third-order valence-corrected chi connectivity index (χ3v) is 8.84. The maximum Gasteiger partial charge on any atom is 0.462 e. The van der Waals surface area contributed by atoms with Gasteiger partial charge in [-0.3, -0.25) is 4.79 Å². The smallest absolute Gasteiger partial charge is 0.405 e. The highest BCUT2D eigenvalue weighted by molar-refractivity contribution is 6.47. The van der Waals surface area contributed by atoms with E-state index in [9.17, 15) is 4.79 Å². The van der Waals surface area contributed by atoms with Crippen molar-refractivity contribution in [1.29, 1.82) is 0 Å². The Morgan fingerprint density at radius 1 is 1.18 bits per heavy atom. The number of benzene rings is 1. The van der Waals surface area contributed by atoms with Gasteiger partial charge in [0.05, 0.1) is 17.7 Å². The van der Waals surface area contributed by atoms with Crippen molar-refractivity contribution in [1.82, 2.24) is 5.32 Å². The van der Waals surface area contributed by atoms with Crippen LogP contribution in [0.4, 0.5) is 0 Å². The second-order valence-electron chi connectivity index (χ2n) is 11.3. The summed E-state index contributed by atoms with van der Waals surface area (Å²) >= 11 is 0. The van der Waals surface area contributed by atoms with Gasteiger partial charge in [0.15, 0.2) is 0 Å². The third kappa shape index (κ3) is 5.02. The molecule has 1 amide bonds. The third-order valence-electron chi connectivity index (χ3n) is 8.84. The van der Waals surface area contributed by atoms with Gasteiger partial charge in [-0.2, -0.15) is 0 Å². The molecule has 0 aromatic heterocycles. The quantitative estimate of drug-likeness (QED) is 0.351. The van der Waals surface area contributed by atoms with E-state index in [-0.39, 0.29) is 30.5 Å². The van der Waals surface area contributed by atoms with Gasteiger partial charge in [-0.25, -0.2) is 0 Å². The lowest BCUT2D eigenvalue weighted by atomic mass is 9.43. The van der Waals surface area contributed by atoms with Gasteiger partial charge in [0.1, 0.15) is 0 Å². The molecule has 1 aromatic carbocycles. The van der Waals surface area contributed by atoms with Crippen molar-refractivity contribution in [3.05, 3.63) is 35.9 Å². The van der Waals surface area contributed by atoms with Crippen LogP contribution in [0.5, 0.6) is 0 Å². The Balaban J connectivity index is 1.40. The van der Waals surface area contributed by atoms with Crippen molar-refractivity contribution in [3.63, 3.8) is 0 Å². The van der Waals surface area contributed by atoms with Crippen molar-refractivity contribution in [2.24, 2.45) is 28.7 Å². The number of nitrogens with two attached hydrogens (primary N) is 2. The predicted molar refractivity (Wildman–Crippen MR) is 133 cm³/mol. The Kier molecular flexibility index (Phi) is 7.54. The molecule has 0 unspecified atom stereocenters. The summed E-state index contributed by atoms with van der Waals surface area (Å²) in [5.74, 6) is 1.23. The average Bonchev–Trinajstić information content (AvgIpc) is 3.16. The van der Waals surface area contributed by atoms with Crippen LogP contribution in [0.2, 0.25) is 5.82 Å². The molecule has 1 saturated heterocycles. The Morgan fingerprint density at radius 3 is 2.64 bits per heavy atom. The zero-order chi connectivity index (χ0) is 23.6. The average molecular weight is 455 g/mol. The summed E-state index contributed by atoms with van der Waals surface area (Å²) in [4.78, 5) is 12.6. The minimum absolute atomic E-state index is 0.0770. The molecule has 1 aliphatic heterocycles. The molecule has 5 N–H and O–H groups in total. The van der Waals surface area contributed by atoms with E-state index < -0.39 is 6.04 Å². The van der Waals surface area contributed by atoms with Crippen molar-refractivity contribution in [3.8, 4) is 0 Å². The molecule has 0 radical (unpaired) electrons. The zero-order valence-corrected chi connectivity index (χ0v) is 20.6. The maximum absolute atomic E-state index is 12.6. The van der Waals surface area contributed by atoms with Gasteiger partial charge in [-0.05, 0) is 74.8 Å². The summed E-state index contributed by atoms with van der Waals surface area (Å²) in [5.41, 5.74) is 13.0. The molecule has 5 rings (SSSR count). The van der Waals surface area contributed by atoms with Crippen molar-refractivity contribution >= 4 is 13.0 Å². The standard InChI is InChI=1S/C26H42BN3O3/c1-25(2)19-15-22(25)26(3)23(16-19)32-27(33-26)20(13-12-18-9-5-4-6-10-18)17-30-24(31)21(29)11-7-8-14-28/h4-6,9-10,19-23H,7-8,11-17,28-29H2,1-3H3,(H,30,31)/t19-,20-,21+,22-,23+,26-/m1/s1. The topological polar surface area (TPSA) is 99.6 Å². The van der Waals surface area contributed by atoms with Gasteiger partial charge in [0.25, 0.3) is 0 Å². The van der Waals surface area contributed by atoms with E-state index in [4.69, 9.17) is 20.8 Å². The molecule has 4 aliphatic rings. The fourth-order valence-corrected chi connectivity index (χ4v) is 6.44. The van der Waals surface area contributed by atoms with Crippen LogP contribution in [0.25, 0.3) is 0 Å². The number of aryl methyl sites for hydroxylation is 1. The molecular weight excluding hydrogens is 413 g/mol. The van der Waals surface area contributed by atoms with E-state index in [2.05, 4.69) is 50.4 Å². The molecule has 3 saturated carbocycles. The van der Waals surface area contributed by atoms with Crippen LogP contribution in [0.3, 0.4) is 0 Å². The minimum atomic E-state index is -0.496. The molecule has 33 heavy (non-hydrogen) atoms. The van der Waals surface area contributed by atoms with E-state index in [1.165, 1.54) is 12.0 Å². The number of carbonyl (C=O) groups excluding carboxylic acids is 1. The first kappa shape index (κ1) is 24.7. The van der Waals surface area contributed by atoms with Gasteiger partial charge in [0, 0.05) is 12.4 Å².